The maximum absolute atomic E-state index is 11.6. The zero-order valence-corrected chi connectivity index (χ0v) is 11.6. The van der Waals surface area contributed by atoms with Crippen LogP contribution < -0.4 is 5.73 Å². The summed E-state index contributed by atoms with van der Waals surface area (Å²) in [6, 6.07) is 12.7. The molecule has 0 aliphatic heterocycles. The van der Waals surface area contributed by atoms with E-state index in [4.69, 9.17) is 17.3 Å². The highest BCUT2D eigenvalue weighted by molar-refractivity contribution is 6.31. The number of imidazole rings is 1. The van der Waals surface area contributed by atoms with Crippen molar-refractivity contribution < 1.29 is 4.79 Å². The molecule has 100 valence electrons. The molecule has 0 atom stereocenters. The van der Waals surface area contributed by atoms with Crippen LogP contribution in [-0.2, 0) is 0 Å². The molecule has 3 rings (SSSR count). The van der Waals surface area contributed by atoms with Crippen LogP contribution in [0.2, 0.25) is 5.02 Å². The monoisotopic (exact) mass is 285 g/mol. The Morgan fingerprint density at radius 3 is 2.75 bits per heavy atom. The van der Waals surface area contributed by atoms with Crippen molar-refractivity contribution in [3.8, 4) is 5.69 Å². The molecule has 0 fully saturated rings. The largest absolute Gasteiger partial charge is 0.366 e. The molecule has 2 N–H and O–H groups in total. The Morgan fingerprint density at radius 2 is 2.00 bits per heavy atom. The topological polar surface area (TPSA) is 60.9 Å². The zero-order chi connectivity index (χ0) is 14.3. The van der Waals surface area contributed by atoms with Crippen LogP contribution in [0.25, 0.3) is 16.7 Å². The summed E-state index contributed by atoms with van der Waals surface area (Å²) in [7, 11) is 0. The van der Waals surface area contributed by atoms with E-state index in [2.05, 4.69) is 4.98 Å². The fraction of sp³-hybridized carbons (Fsp3) is 0.0667. The molecule has 2 aromatic carbocycles. The first-order valence-electron chi connectivity index (χ1n) is 6.12. The maximum atomic E-state index is 11.6. The molecule has 0 radical (unpaired) electrons. The van der Waals surface area contributed by atoms with Gasteiger partial charge < -0.3 is 5.73 Å². The van der Waals surface area contributed by atoms with Gasteiger partial charge in [-0.2, -0.15) is 0 Å². The highest BCUT2D eigenvalue weighted by atomic mass is 35.5. The number of carbonyl (C=O) groups excluding carboxylic acids is 1. The summed E-state index contributed by atoms with van der Waals surface area (Å²) >= 11 is 6.06. The van der Waals surface area contributed by atoms with E-state index in [9.17, 15) is 4.79 Å². The molecule has 0 aliphatic rings. The van der Waals surface area contributed by atoms with Gasteiger partial charge in [0.15, 0.2) is 0 Å². The van der Waals surface area contributed by atoms with Crippen LogP contribution in [0.5, 0.6) is 0 Å². The third-order valence-corrected chi connectivity index (χ3v) is 3.43. The molecule has 0 saturated heterocycles. The van der Waals surface area contributed by atoms with Gasteiger partial charge in [0.05, 0.1) is 22.3 Å². The van der Waals surface area contributed by atoms with Crippen molar-refractivity contribution in [2.75, 3.05) is 0 Å². The van der Waals surface area contributed by atoms with Gasteiger partial charge in [-0.3, -0.25) is 9.36 Å². The summed E-state index contributed by atoms with van der Waals surface area (Å²) in [5.74, 6) is 0.282. The molecular formula is C15H12ClN3O. The van der Waals surface area contributed by atoms with Gasteiger partial charge in [0.2, 0.25) is 0 Å². The second kappa shape index (κ2) is 4.65. The Morgan fingerprint density at radius 1 is 1.25 bits per heavy atom. The normalized spacial score (nSPS) is 10.9. The van der Waals surface area contributed by atoms with Gasteiger partial charge in [-0.1, -0.05) is 23.7 Å². The van der Waals surface area contributed by atoms with E-state index in [1.54, 1.807) is 18.2 Å². The van der Waals surface area contributed by atoms with Crippen LogP contribution in [-0.4, -0.2) is 15.5 Å². The van der Waals surface area contributed by atoms with Crippen LogP contribution in [0.3, 0.4) is 0 Å². The van der Waals surface area contributed by atoms with Crippen LogP contribution in [0.15, 0.2) is 42.5 Å². The molecule has 4 nitrogen and oxygen atoms in total. The number of fused-ring (bicyclic) bond motifs is 1. The van der Waals surface area contributed by atoms with Gasteiger partial charge in [-0.15, -0.1) is 0 Å². The number of para-hydroxylation sites is 2. The van der Waals surface area contributed by atoms with Gasteiger partial charge >= 0.3 is 0 Å². The molecule has 1 heterocycles. The third-order valence-electron chi connectivity index (χ3n) is 3.19. The fourth-order valence-electron chi connectivity index (χ4n) is 2.35. The first kappa shape index (κ1) is 12.7. The standard InChI is InChI=1S/C15H12ClN3O/c1-9-18-12-4-2-3-5-13(12)19(9)14-8-10(16)6-7-11(14)15(17)20/h2-8H,1H3,(H2,17,20). The second-order valence-electron chi connectivity index (χ2n) is 4.51. The summed E-state index contributed by atoms with van der Waals surface area (Å²) < 4.78 is 1.89. The number of amides is 1. The minimum atomic E-state index is -0.492. The number of hydrogen-bond donors (Lipinski definition) is 1. The number of aromatic nitrogens is 2. The van der Waals surface area contributed by atoms with E-state index in [1.807, 2.05) is 35.8 Å². The molecule has 20 heavy (non-hydrogen) atoms. The van der Waals surface area contributed by atoms with Gasteiger partial charge in [-0.25, -0.2) is 4.98 Å². The molecule has 5 heteroatoms. The van der Waals surface area contributed by atoms with Gasteiger partial charge in [0, 0.05) is 5.02 Å². The van der Waals surface area contributed by atoms with Crippen molar-refractivity contribution >= 4 is 28.5 Å². The highest BCUT2D eigenvalue weighted by Crippen LogP contribution is 2.26. The van der Waals surface area contributed by atoms with E-state index in [1.165, 1.54) is 0 Å². The van der Waals surface area contributed by atoms with Gasteiger partial charge in [0.1, 0.15) is 5.82 Å². The molecule has 1 aromatic heterocycles. The van der Waals surface area contributed by atoms with Crippen LogP contribution in [0.4, 0.5) is 0 Å². The molecule has 0 bridgehead atoms. The lowest BCUT2D eigenvalue weighted by molar-refractivity contribution is 0.100. The Bertz CT molecular complexity index is 823. The summed E-state index contributed by atoms with van der Waals surface area (Å²) in [6.07, 6.45) is 0. The average Bonchev–Trinajstić information content (AvgIpc) is 2.73. The lowest BCUT2D eigenvalue weighted by atomic mass is 10.1. The Kier molecular flexibility index (Phi) is 2.95. The van der Waals surface area contributed by atoms with E-state index in [0.717, 1.165) is 16.9 Å². The average molecular weight is 286 g/mol. The quantitative estimate of drug-likeness (QED) is 0.786. The maximum Gasteiger partial charge on any atom is 0.250 e. The third kappa shape index (κ3) is 1.94. The first-order chi connectivity index (χ1) is 9.58. The predicted octanol–water partition coefficient (Wildman–Crippen LogP) is 3.09. The van der Waals surface area contributed by atoms with Crippen molar-refractivity contribution in [3.63, 3.8) is 0 Å². The van der Waals surface area contributed by atoms with Crippen molar-refractivity contribution in [1.29, 1.82) is 0 Å². The van der Waals surface area contributed by atoms with Crippen molar-refractivity contribution in [2.45, 2.75) is 6.92 Å². The van der Waals surface area contributed by atoms with Crippen molar-refractivity contribution in [3.05, 3.63) is 58.9 Å². The Hall–Kier alpha value is -2.33. The molecule has 0 aliphatic carbocycles. The van der Waals surface area contributed by atoms with Crippen LogP contribution in [0.1, 0.15) is 16.2 Å². The first-order valence-corrected chi connectivity index (χ1v) is 6.49. The van der Waals surface area contributed by atoms with Gasteiger partial charge in [-0.05, 0) is 37.3 Å². The smallest absolute Gasteiger partial charge is 0.250 e. The van der Waals surface area contributed by atoms with E-state index in [0.29, 0.717) is 16.3 Å². The summed E-state index contributed by atoms with van der Waals surface area (Å²) in [5, 5.41) is 0.544. The number of hydrogen-bond acceptors (Lipinski definition) is 2. The molecule has 0 spiro atoms. The van der Waals surface area contributed by atoms with Gasteiger partial charge in [0.25, 0.3) is 5.91 Å². The number of nitrogens with two attached hydrogens (primary N) is 1. The summed E-state index contributed by atoms with van der Waals surface area (Å²) in [4.78, 5) is 16.1. The minimum absolute atomic E-state index is 0.417. The molecular weight excluding hydrogens is 274 g/mol. The number of nitrogens with zero attached hydrogens (tertiary/aromatic N) is 2. The number of rotatable bonds is 2. The van der Waals surface area contributed by atoms with Crippen molar-refractivity contribution in [2.24, 2.45) is 5.73 Å². The van der Waals surface area contributed by atoms with Crippen molar-refractivity contribution in [1.82, 2.24) is 9.55 Å². The summed E-state index contributed by atoms with van der Waals surface area (Å²) in [5.41, 5.74) is 8.29. The fourth-order valence-corrected chi connectivity index (χ4v) is 2.52. The van der Waals surface area contributed by atoms with E-state index >= 15 is 0 Å². The van der Waals surface area contributed by atoms with Crippen LogP contribution >= 0.6 is 11.6 Å². The predicted molar refractivity (Wildman–Crippen MR) is 79.3 cm³/mol. The number of aryl methyl sites for hydroxylation is 1. The molecule has 0 unspecified atom stereocenters. The lowest BCUT2D eigenvalue weighted by Gasteiger charge is -2.11. The Labute approximate surface area is 120 Å². The number of primary amides is 1. The molecule has 1 amide bonds. The number of carbonyl (C=O) groups is 1. The van der Waals surface area contributed by atoms with E-state index < -0.39 is 5.91 Å². The number of halogens is 1. The Balaban J connectivity index is 2.39. The lowest BCUT2D eigenvalue weighted by Crippen LogP contribution is -2.15. The molecule has 0 saturated carbocycles. The van der Waals surface area contributed by atoms with E-state index in [-0.39, 0.29) is 0 Å². The second-order valence-corrected chi connectivity index (χ2v) is 4.95. The minimum Gasteiger partial charge on any atom is -0.366 e. The highest BCUT2D eigenvalue weighted by Gasteiger charge is 2.15. The zero-order valence-electron chi connectivity index (χ0n) is 10.8. The molecule has 3 aromatic rings. The SMILES string of the molecule is Cc1nc2ccccc2n1-c1cc(Cl)ccc1C(N)=O. The number of benzene rings is 2. The summed E-state index contributed by atoms with van der Waals surface area (Å²) in [6.45, 7) is 1.88. The van der Waals surface area contributed by atoms with Crippen LogP contribution in [0, 0.1) is 6.92 Å².